The maximum atomic E-state index is 15.3. The number of hydrogen-bond acceptors (Lipinski definition) is 8. The average molecular weight is 564 g/mol. The van der Waals surface area contributed by atoms with E-state index in [4.69, 9.17) is 5.73 Å². The Hall–Kier alpha value is -3.45. The third kappa shape index (κ3) is 6.15. The number of piperidine rings is 1. The molecule has 2 saturated heterocycles. The van der Waals surface area contributed by atoms with E-state index in [1.54, 1.807) is 12.3 Å². The molecule has 1 amide bonds. The van der Waals surface area contributed by atoms with E-state index >= 15 is 4.39 Å². The minimum Gasteiger partial charge on any atom is -0.382 e. The fourth-order valence-corrected chi connectivity index (χ4v) is 5.82. The number of alkyl halides is 3. The summed E-state index contributed by atoms with van der Waals surface area (Å²) in [6, 6.07) is 4.41. The fraction of sp³-hybridized carbons (Fsp3) is 0.519. The van der Waals surface area contributed by atoms with Gasteiger partial charge in [-0.3, -0.25) is 14.7 Å². The van der Waals surface area contributed by atoms with Crippen molar-refractivity contribution in [2.45, 2.75) is 57.0 Å². The van der Waals surface area contributed by atoms with Crippen molar-refractivity contribution >= 4 is 23.3 Å². The molecule has 2 fully saturated rings. The van der Waals surface area contributed by atoms with Crippen molar-refractivity contribution < 1.29 is 27.5 Å². The van der Waals surface area contributed by atoms with Crippen LogP contribution in [0.25, 0.3) is 5.70 Å². The molecule has 4 aliphatic heterocycles. The number of halogens is 4. The van der Waals surface area contributed by atoms with Crippen LogP contribution in [-0.2, 0) is 0 Å². The summed E-state index contributed by atoms with van der Waals surface area (Å²) >= 11 is 0. The van der Waals surface area contributed by atoms with Crippen LogP contribution in [0, 0.1) is 17.7 Å². The number of rotatable bonds is 5. The van der Waals surface area contributed by atoms with E-state index < -0.39 is 36.5 Å². The highest BCUT2D eigenvalue weighted by Crippen LogP contribution is 2.34. The molecule has 5 rings (SSSR count). The molecule has 0 radical (unpaired) electrons. The molecule has 3 unspecified atom stereocenters. The first-order valence-corrected chi connectivity index (χ1v) is 13.5. The summed E-state index contributed by atoms with van der Waals surface area (Å²) in [6.45, 7) is 1.22. The molecule has 9 nitrogen and oxygen atoms in total. The highest BCUT2D eigenvalue weighted by Gasteiger charge is 2.41. The van der Waals surface area contributed by atoms with Crippen molar-refractivity contribution in [3.05, 3.63) is 53.2 Å². The fourth-order valence-electron chi connectivity index (χ4n) is 5.82. The number of amidine groups is 2. The number of aliphatic hydroxyl groups excluding tert-OH is 1. The van der Waals surface area contributed by atoms with Gasteiger partial charge in [-0.15, -0.1) is 0 Å². The monoisotopic (exact) mass is 563 g/mol. The van der Waals surface area contributed by atoms with Crippen molar-refractivity contribution in [2.24, 2.45) is 27.6 Å². The molecule has 4 heterocycles. The van der Waals surface area contributed by atoms with Gasteiger partial charge in [0.25, 0.3) is 5.91 Å². The van der Waals surface area contributed by atoms with E-state index in [9.17, 15) is 23.1 Å². The minimum atomic E-state index is -4.39. The number of nitrogens with two attached hydrogens (primary N) is 1. The number of carbonyl (C=O) groups is 1. The van der Waals surface area contributed by atoms with Crippen LogP contribution in [-0.4, -0.2) is 65.7 Å². The van der Waals surface area contributed by atoms with E-state index in [0.717, 1.165) is 32.2 Å². The number of nitrogens with zero attached hydrogens (tertiary/aromatic N) is 3. The Morgan fingerprint density at radius 3 is 2.75 bits per heavy atom. The van der Waals surface area contributed by atoms with Crippen molar-refractivity contribution in [3.8, 4) is 0 Å². The molecule has 6 N–H and O–H groups in total. The Morgan fingerprint density at radius 1 is 1.20 bits per heavy atom. The van der Waals surface area contributed by atoms with Crippen LogP contribution in [0.5, 0.6) is 0 Å². The summed E-state index contributed by atoms with van der Waals surface area (Å²) in [6.07, 6.45) is 1.42. The number of carbonyl (C=O) groups excluding carboxylic acids is 1. The Morgan fingerprint density at radius 2 is 2.00 bits per heavy atom. The van der Waals surface area contributed by atoms with E-state index in [1.165, 1.54) is 18.3 Å². The van der Waals surface area contributed by atoms with Gasteiger partial charge in [-0.25, -0.2) is 9.38 Å². The van der Waals surface area contributed by atoms with Crippen LogP contribution >= 0.6 is 0 Å². The largest absolute Gasteiger partial charge is 0.392 e. The second kappa shape index (κ2) is 11.6. The van der Waals surface area contributed by atoms with Gasteiger partial charge in [-0.2, -0.15) is 13.2 Å². The lowest BCUT2D eigenvalue weighted by molar-refractivity contribution is -0.174. The quantitative estimate of drug-likeness (QED) is 0.351. The van der Waals surface area contributed by atoms with Gasteiger partial charge in [-0.05, 0) is 50.2 Å². The molecule has 0 spiro atoms. The normalized spacial score (nSPS) is 28.2. The van der Waals surface area contributed by atoms with Crippen molar-refractivity contribution in [1.29, 1.82) is 0 Å². The summed E-state index contributed by atoms with van der Waals surface area (Å²) < 4.78 is 54.6. The maximum absolute atomic E-state index is 15.3. The first kappa shape index (κ1) is 28.1. The van der Waals surface area contributed by atoms with Crippen LogP contribution in [0.1, 0.15) is 54.4 Å². The highest BCUT2D eigenvalue weighted by atomic mass is 19.4. The number of aliphatic imine (C=N–C) groups is 2. The Kier molecular flexibility index (Phi) is 8.13. The number of benzene rings is 1. The first-order chi connectivity index (χ1) is 19.1. The Labute approximate surface area is 229 Å². The highest BCUT2D eigenvalue weighted by molar-refractivity contribution is 6.07. The van der Waals surface area contributed by atoms with E-state index in [0.29, 0.717) is 29.5 Å². The topological polar surface area (TPSA) is 127 Å². The van der Waals surface area contributed by atoms with Gasteiger partial charge in [0.1, 0.15) is 29.4 Å². The van der Waals surface area contributed by atoms with Crippen molar-refractivity contribution in [2.75, 3.05) is 19.6 Å². The van der Waals surface area contributed by atoms with Crippen LogP contribution < -0.4 is 21.7 Å². The van der Waals surface area contributed by atoms with Crippen molar-refractivity contribution in [3.63, 3.8) is 0 Å². The lowest BCUT2D eigenvalue weighted by Gasteiger charge is -2.37. The van der Waals surface area contributed by atoms with E-state index in [2.05, 4.69) is 30.8 Å². The molecule has 0 bridgehead atoms. The van der Waals surface area contributed by atoms with Gasteiger partial charge in [0.15, 0.2) is 0 Å². The number of hydrogen-bond donors (Lipinski definition) is 5. The molecular formula is C27H33F4N7O2. The Balaban J connectivity index is 1.32. The second-order valence-corrected chi connectivity index (χ2v) is 10.7. The SMILES string of the molecule is NC1=NC=CN/C1=C(\NC[C@@H]1CCC2CCC(O)N2C1)c1ccc(C(=O)NC2=NCCC(C(F)(F)F)C2)c(F)c1. The summed E-state index contributed by atoms with van der Waals surface area (Å²) in [5.74, 6) is -2.98. The summed E-state index contributed by atoms with van der Waals surface area (Å²) in [5.41, 5.74) is 7.16. The van der Waals surface area contributed by atoms with Gasteiger partial charge in [0.05, 0.1) is 17.2 Å². The van der Waals surface area contributed by atoms with Gasteiger partial charge < -0.3 is 26.8 Å². The van der Waals surface area contributed by atoms with Crippen LogP contribution in [0.15, 0.2) is 46.3 Å². The zero-order valence-corrected chi connectivity index (χ0v) is 21.8. The van der Waals surface area contributed by atoms with Gasteiger partial charge in [-0.1, -0.05) is 6.07 Å². The minimum absolute atomic E-state index is 0.0629. The van der Waals surface area contributed by atoms with Gasteiger partial charge >= 0.3 is 6.18 Å². The lowest BCUT2D eigenvalue weighted by Crippen LogP contribution is -2.46. The molecule has 0 aliphatic carbocycles. The second-order valence-electron chi connectivity index (χ2n) is 10.7. The standard InChI is InChI=1S/C27H33F4N7O2/c28-20-11-16(2-5-19(20)26(40)37-21-12-17(7-8-33-21)27(29,30)31)23(24-25(32)35-10-9-34-24)36-13-15-1-3-18-4-6-22(39)38(18)14-15/h2,5,9-11,15,17-18,22,34,36,39H,1,3-4,6-8,12-14H2,(H2,32,35)(H,33,37,40)/b24-23-/t15-,17?,18?,22?/m0/s1. The molecule has 1 aromatic carbocycles. The first-order valence-electron chi connectivity index (χ1n) is 13.5. The predicted molar refractivity (Wildman–Crippen MR) is 142 cm³/mol. The molecule has 4 aliphatic rings. The summed E-state index contributed by atoms with van der Waals surface area (Å²) in [5, 5.41) is 19.1. The zero-order chi connectivity index (χ0) is 28.4. The Bertz CT molecular complexity index is 1260. The summed E-state index contributed by atoms with van der Waals surface area (Å²) in [7, 11) is 0. The van der Waals surface area contributed by atoms with E-state index in [-0.39, 0.29) is 36.1 Å². The molecule has 0 aromatic heterocycles. The zero-order valence-electron chi connectivity index (χ0n) is 21.8. The summed E-state index contributed by atoms with van der Waals surface area (Å²) in [4.78, 5) is 23.0. The van der Waals surface area contributed by atoms with E-state index in [1.807, 2.05) is 0 Å². The molecule has 1 aromatic rings. The van der Waals surface area contributed by atoms with Crippen LogP contribution in [0.4, 0.5) is 17.6 Å². The van der Waals surface area contributed by atoms with Crippen molar-refractivity contribution in [1.82, 2.24) is 20.9 Å². The van der Waals surface area contributed by atoms with Gasteiger partial charge in [0.2, 0.25) is 0 Å². The molecular weight excluding hydrogens is 530 g/mol. The predicted octanol–water partition coefficient (Wildman–Crippen LogP) is 2.81. The van der Waals surface area contributed by atoms with Crippen LogP contribution in [0.2, 0.25) is 0 Å². The van der Waals surface area contributed by atoms with Crippen LogP contribution in [0.3, 0.4) is 0 Å². The smallest absolute Gasteiger partial charge is 0.382 e. The molecule has 4 atom stereocenters. The number of fused-ring (bicyclic) bond motifs is 1. The molecule has 13 heteroatoms. The number of aliphatic hydroxyl groups is 1. The number of amides is 1. The maximum Gasteiger partial charge on any atom is 0.392 e. The third-order valence-electron chi connectivity index (χ3n) is 8.02. The molecule has 216 valence electrons. The average Bonchev–Trinajstić information content (AvgIpc) is 3.29. The third-order valence-corrected chi connectivity index (χ3v) is 8.02. The molecule has 0 saturated carbocycles. The number of nitrogens with one attached hydrogen (secondary N) is 3. The van der Waals surface area contributed by atoms with Gasteiger partial charge in [0, 0.05) is 50.1 Å². The lowest BCUT2D eigenvalue weighted by atomic mass is 9.93. The molecule has 40 heavy (non-hydrogen) atoms.